The fourth-order valence-corrected chi connectivity index (χ4v) is 2.32. The Bertz CT molecular complexity index is 445. The summed E-state index contributed by atoms with van der Waals surface area (Å²) in [6.07, 6.45) is 1.51. The Morgan fingerprint density at radius 1 is 1.47 bits per heavy atom. The highest BCUT2D eigenvalue weighted by molar-refractivity contribution is 5.32. The van der Waals surface area contributed by atoms with Gasteiger partial charge < -0.3 is 14.6 Å². The Morgan fingerprint density at radius 3 is 2.84 bits per heavy atom. The van der Waals surface area contributed by atoms with E-state index in [1.54, 1.807) is 0 Å². The first-order valence-corrected chi connectivity index (χ1v) is 6.66. The van der Waals surface area contributed by atoms with Gasteiger partial charge in [-0.1, -0.05) is 6.92 Å². The van der Waals surface area contributed by atoms with Crippen molar-refractivity contribution < 1.29 is 19.0 Å². The first-order chi connectivity index (χ1) is 8.87. The number of phenols is 1. The lowest BCUT2D eigenvalue weighted by molar-refractivity contribution is -0.143. The molecule has 2 rings (SSSR count). The molecule has 0 aromatic heterocycles. The lowest BCUT2D eigenvalue weighted by atomic mass is 9.96. The number of hydrogen-bond acceptors (Lipinski definition) is 3. The quantitative estimate of drug-likeness (QED) is 0.911. The second kappa shape index (κ2) is 5.47. The molecular formula is C15H21FO3. The number of phenolic OH excluding ortho intramolecular Hbond substituents is 1. The number of aromatic hydroxyl groups is 1. The summed E-state index contributed by atoms with van der Waals surface area (Å²) < 4.78 is 24.4. The average molecular weight is 268 g/mol. The minimum atomic E-state index is -0.514. The number of hydrogen-bond donors (Lipinski definition) is 1. The zero-order valence-electron chi connectivity index (χ0n) is 11.6. The van der Waals surface area contributed by atoms with Gasteiger partial charge in [-0.25, -0.2) is 4.39 Å². The number of benzene rings is 1. The van der Waals surface area contributed by atoms with Gasteiger partial charge in [0.1, 0.15) is 11.6 Å². The SMILES string of the molecule is CC(CCc1cc(F)ccc1O)C1COC(C)(C)O1. The van der Waals surface area contributed by atoms with E-state index in [9.17, 15) is 9.50 Å². The molecule has 0 amide bonds. The van der Waals surface area contributed by atoms with Crippen LogP contribution in [-0.2, 0) is 15.9 Å². The largest absolute Gasteiger partial charge is 0.508 e. The van der Waals surface area contributed by atoms with Crippen LogP contribution in [-0.4, -0.2) is 23.6 Å². The van der Waals surface area contributed by atoms with E-state index >= 15 is 0 Å². The van der Waals surface area contributed by atoms with E-state index in [-0.39, 0.29) is 17.7 Å². The normalized spacial score (nSPS) is 23.5. The first-order valence-electron chi connectivity index (χ1n) is 6.66. The topological polar surface area (TPSA) is 38.7 Å². The maximum atomic E-state index is 13.1. The predicted octanol–water partition coefficient (Wildman–Crippen LogP) is 3.25. The smallest absolute Gasteiger partial charge is 0.163 e. The van der Waals surface area contributed by atoms with Crippen LogP contribution in [0, 0.1) is 11.7 Å². The zero-order valence-corrected chi connectivity index (χ0v) is 11.6. The van der Waals surface area contributed by atoms with Crippen molar-refractivity contribution in [1.82, 2.24) is 0 Å². The van der Waals surface area contributed by atoms with E-state index in [0.29, 0.717) is 24.5 Å². The molecule has 0 aliphatic carbocycles. The van der Waals surface area contributed by atoms with E-state index < -0.39 is 5.79 Å². The van der Waals surface area contributed by atoms with E-state index in [1.165, 1.54) is 18.2 Å². The Morgan fingerprint density at radius 2 is 2.21 bits per heavy atom. The second-order valence-corrected chi connectivity index (χ2v) is 5.66. The molecule has 4 heteroatoms. The molecule has 1 N–H and O–H groups in total. The van der Waals surface area contributed by atoms with Crippen molar-refractivity contribution in [2.45, 2.75) is 45.5 Å². The summed E-state index contributed by atoms with van der Waals surface area (Å²) in [4.78, 5) is 0. The van der Waals surface area contributed by atoms with E-state index in [0.717, 1.165) is 6.42 Å². The molecule has 0 bridgehead atoms. The number of rotatable bonds is 4. The van der Waals surface area contributed by atoms with Crippen molar-refractivity contribution >= 4 is 0 Å². The van der Waals surface area contributed by atoms with Gasteiger partial charge in [0.2, 0.25) is 0 Å². The summed E-state index contributed by atoms with van der Waals surface area (Å²) in [5, 5.41) is 9.67. The summed E-state index contributed by atoms with van der Waals surface area (Å²) in [5.74, 6) is -0.385. The van der Waals surface area contributed by atoms with Gasteiger partial charge in [0.05, 0.1) is 12.7 Å². The van der Waals surface area contributed by atoms with Crippen molar-refractivity contribution in [3.05, 3.63) is 29.6 Å². The molecule has 1 fully saturated rings. The van der Waals surface area contributed by atoms with Gasteiger partial charge >= 0.3 is 0 Å². The van der Waals surface area contributed by atoms with Gasteiger partial charge in [0.15, 0.2) is 5.79 Å². The van der Waals surface area contributed by atoms with Crippen LogP contribution in [0.1, 0.15) is 32.8 Å². The molecule has 1 aromatic carbocycles. The fraction of sp³-hybridized carbons (Fsp3) is 0.600. The first kappa shape index (κ1) is 14.3. The predicted molar refractivity (Wildman–Crippen MR) is 70.5 cm³/mol. The Kier molecular flexibility index (Phi) is 4.11. The van der Waals surface area contributed by atoms with E-state index in [1.807, 2.05) is 13.8 Å². The lowest BCUT2D eigenvalue weighted by Crippen LogP contribution is -2.25. The van der Waals surface area contributed by atoms with Crippen LogP contribution >= 0.6 is 0 Å². The van der Waals surface area contributed by atoms with Crippen molar-refractivity contribution in [3.63, 3.8) is 0 Å². The molecule has 106 valence electrons. The molecule has 1 aromatic rings. The van der Waals surface area contributed by atoms with Crippen molar-refractivity contribution in [3.8, 4) is 5.75 Å². The maximum absolute atomic E-state index is 13.1. The van der Waals surface area contributed by atoms with Crippen LogP contribution < -0.4 is 0 Å². The van der Waals surface area contributed by atoms with Crippen molar-refractivity contribution in [1.29, 1.82) is 0 Å². The molecule has 19 heavy (non-hydrogen) atoms. The molecule has 2 unspecified atom stereocenters. The zero-order chi connectivity index (χ0) is 14.0. The molecule has 1 heterocycles. The summed E-state index contributed by atoms with van der Waals surface area (Å²) in [6.45, 7) is 6.48. The van der Waals surface area contributed by atoms with Crippen LogP contribution in [0.5, 0.6) is 5.75 Å². The van der Waals surface area contributed by atoms with Gasteiger partial charge in [-0.3, -0.25) is 0 Å². The van der Waals surface area contributed by atoms with E-state index in [4.69, 9.17) is 9.47 Å². The van der Waals surface area contributed by atoms with Crippen LogP contribution in [0.4, 0.5) is 4.39 Å². The second-order valence-electron chi connectivity index (χ2n) is 5.66. The van der Waals surface area contributed by atoms with Crippen LogP contribution in [0.25, 0.3) is 0 Å². The third-order valence-corrected chi connectivity index (χ3v) is 3.58. The highest BCUT2D eigenvalue weighted by atomic mass is 19.1. The molecule has 1 saturated heterocycles. The van der Waals surface area contributed by atoms with Gasteiger partial charge in [-0.05, 0) is 56.4 Å². The summed E-state index contributed by atoms with van der Waals surface area (Å²) >= 11 is 0. The summed E-state index contributed by atoms with van der Waals surface area (Å²) in [6, 6.07) is 4.05. The Hall–Kier alpha value is -1.13. The van der Waals surface area contributed by atoms with Crippen molar-refractivity contribution in [2.24, 2.45) is 5.92 Å². The highest BCUT2D eigenvalue weighted by Gasteiger charge is 2.35. The molecule has 0 radical (unpaired) electrons. The third kappa shape index (κ3) is 3.67. The lowest BCUT2D eigenvalue weighted by Gasteiger charge is -2.21. The van der Waals surface area contributed by atoms with Crippen molar-refractivity contribution in [2.75, 3.05) is 6.61 Å². The van der Waals surface area contributed by atoms with Gasteiger partial charge in [0, 0.05) is 0 Å². The molecule has 0 spiro atoms. The molecule has 3 nitrogen and oxygen atoms in total. The highest BCUT2D eigenvalue weighted by Crippen LogP contribution is 2.29. The summed E-state index contributed by atoms with van der Waals surface area (Å²) in [7, 11) is 0. The average Bonchev–Trinajstić information content (AvgIpc) is 2.70. The number of halogens is 1. The van der Waals surface area contributed by atoms with Crippen LogP contribution in [0.2, 0.25) is 0 Å². The van der Waals surface area contributed by atoms with E-state index in [2.05, 4.69) is 6.92 Å². The standard InChI is InChI=1S/C15H21FO3/c1-10(14-9-18-15(2,3)19-14)4-5-11-8-12(16)6-7-13(11)17/h6-8,10,14,17H,4-5,9H2,1-3H3. The number of aryl methyl sites for hydroxylation is 1. The maximum Gasteiger partial charge on any atom is 0.163 e. The molecule has 1 aliphatic rings. The van der Waals surface area contributed by atoms with Gasteiger partial charge in [-0.15, -0.1) is 0 Å². The fourth-order valence-electron chi connectivity index (χ4n) is 2.32. The van der Waals surface area contributed by atoms with Gasteiger partial charge in [-0.2, -0.15) is 0 Å². The van der Waals surface area contributed by atoms with Crippen LogP contribution in [0.3, 0.4) is 0 Å². The third-order valence-electron chi connectivity index (χ3n) is 3.58. The molecule has 1 aliphatic heterocycles. The minimum Gasteiger partial charge on any atom is -0.508 e. The Balaban J connectivity index is 1.90. The number of ether oxygens (including phenoxy) is 2. The molecule has 0 saturated carbocycles. The van der Waals surface area contributed by atoms with Gasteiger partial charge in [0.25, 0.3) is 0 Å². The molecule has 2 atom stereocenters. The minimum absolute atomic E-state index is 0.0608. The van der Waals surface area contributed by atoms with Crippen LogP contribution in [0.15, 0.2) is 18.2 Å². The monoisotopic (exact) mass is 268 g/mol. The molecular weight excluding hydrogens is 247 g/mol. The summed E-state index contributed by atoms with van der Waals surface area (Å²) in [5.41, 5.74) is 0.644. The Labute approximate surface area is 113 Å².